The van der Waals surface area contributed by atoms with Gasteiger partial charge in [0.1, 0.15) is 5.75 Å². The number of morpholine rings is 1. The Morgan fingerprint density at radius 3 is 2.67 bits per heavy atom. The van der Waals surface area contributed by atoms with Crippen LogP contribution in [0.15, 0.2) is 82.0 Å². The first-order valence-corrected chi connectivity index (χ1v) is 12.7. The molecule has 1 saturated heterocycles. The SMILES string of the molecule is COc1cccc([C@@H]2C(C(=O)Nc3ccccc3)=C(C)N=C3SC=C(CC(=O)N4CCOCC4)N32)c1. The number of carbonyl (C=O) groups excluding carboxylic acids is 2. The second kappa shape index (κ2) is 10.6. The molecular weight excluding hydrogens is 476 g/mol. The van der Waals surface area contributed by atoms with Gasteiger partial charge < -0.3 is 24.6 Å². The van der Waals surface area contributed by atoms with E-state index in [1.165, 1.54) is 11.8 Å². The van der Waals surface area contributed by atoms with E-state index >= 15 is 0 Å². The first-order chi connectivity index (χ1) is 17.5. The number of allylic oxidation sites excluding steroid dienone is 1. The van der Waals surface area contributed by atoms with Crippen molar-refractivity contribution in [3.8, 4) is 5.75 Å². The maximum Gasteiger partial charge on any atom is 0.255 e. The Bertz CT molecular complexity index is 1250. The molecule has 2 aromatic carbocycles. The van der Waals surface area contributed by atoms with Crippen molar-refractivity contribution in [2.24, 2.45) is 4.99 Å². The van der Waals surface area contributed by atoms with E-state index in [4.69, 9.17) is 14.5 Å². The summed E-state index contributed by atoms with van der Waals surface area (Å²) >= 11 is 1.47. The van der Waals surface area contributed by atoms with Crippen LogP contribution in [0.2, 0.25) is 0 Å². The van der Waals surface area contributed by atoms with Crippen molar-refractivity contribution in [3.63, 3.8) is 0 Å². The van der Waals surface area contributed by atoms with Gasteiger partial charge in [-0.3, -0.25) is 9.59 Å². The molecule has 0 spiro atoms. The largest absolute Gasteiger partial charge is 0.497 e. The van der Waals surface area contributed by atoms with Gasteiger partial charge in [-0.15, -0.1) is 0 Å². The van der Waals surface area contributed by atoms with Gasteiger partial charge in [0.2, 0.25) is 5.91 Å². The zero-order valence-electron chi connectivity index (χ0n) is 20.3. The highest BCUT2D eigenvalue weighted by molar-refractivity contribution is 8.16. The van der Waals surface area contributed by atoms with Gasteiger partial charge in [-0.2, -0.15) is 0 Å². The highest BCUT2D eigenvalue weighted by Crippen LogP contribution is 2.45. The van der Waals surface area contributed by atoms with Crippen LogP contribution >= 0.6 is 11.8 Å². The van der Waals surface area contributed by atoms with Gasteiger partial charge in [0, 0.05) is 24.5 Å². The summed E-state index contributed by atoms with van der Waals surface area (Å²) in [4.78, 5) is 35.4. The number of rotatable bonds is 6. The number of para-hydroxylation sites is 1. The zero-order chi connectivity index (χ0) is 25.1. The number of carbonyl (C=O) groups is 2. The lowest BCUT2D eigenvalue weighted by atomic mass is 9.93. The zero-order valence-corrected chi connectivity index (χ0v) is 21.1. The number of hydrogen-bond acceptors (Lipinski definition) is 7. The minimum absolute atomic E-state index is 0.0392. The molecule has 0 unspecified atom stereocenters. The fourth-order valence-electron chi connectivity index (χ4n) is 4.59. The Kier molecular flexibility index (Phi) is 7.11. The molecule has 36 heavy (non-hydrogen) atoms. The topological polar surface area (TPSA) is 83.5 Å². The van der Waals surface area contributed by atoms with Gasteiger partial charge in [0.25, 0.3) is 5.91 Å². The third-order valence-electron chi connectivity index (χ3n) is 6.38. The number of fused-ring (bicyclic) bond motifs is 1. The van der Waals surface area contributed by atoms with Gasteiger partial charge >= 0.3 is 0 Å². The summed E-state index contributed by atoms with van der Waals surface area (Å²) in [6.07, 6.45) is 0.221. The molecule has 0 bridgehead atoms. The minimum atomic E-state index is -0.463. The quantitative estimate of drug-likeness (QED) is 0.636. The Labute approximate surface area is 214 Å². The molecule has 2 aromatic rings. The van der Waals surface area contributed by atoms with Crippen molar-refractivity contribution in [2.75, 3.05) is 38.7 Å². The van der Waals surface area contributed by atoms with E-state index in [0.29, 0.717) is 49.0 Å². The van der Waals surface area contributed by atoms with Crippen LogP contribution in [-0.4, -0.2) is 60.2 Å². The highest BCUT2D eigenvalue weighted by Gasteiger charge is 2.41. The third-order valence-corrected chi connectivity index (χ3v) is 7.27. The van der Waals surface area contributed by atoms with Gasteiger partial charge in [0.15, 0.2) is 5.17 Å². The van der Waals surface area contributed by atoms with Crippen molar-refractivity contribution in [3.05, 3.63) is 82.5 Å². The molecule has 8 nitrogen and oxygen atoms in total. The smallest absolute Gasteiger partial charge is 0.255 e. The predicted molar refractivity (Wildman–Crippen MR) is 140 cm³/mol. The normalized spacial score (nSPS) is 19.4. The number of hydrogen-bond donors (Lipinski definition) is 1. The van der Waals surface area contributed by atoms with E-state index < -0.39 is 6.04 Å². The van der Waals surface area contributed by atoms with Crippen LogP contribution in [0.3, 0.4) is 0 Å². The summed E-state index contributed by atoms with van der Waals surface area (Å²) in [7, 11) is 1.62. The number of amides is 2. The highest BCUT2D eigenvalue weighted by atomic mass is 32.2. The van der Waals surface area contributed by atoms with E-state index in [9.17, 15) is 9.59 Å². The molecular formula is C27H28N4O4S. The van der Waals surface area contributed by atoms with Crippen LogP contribution < -0.4 is 10.1 Å². The van der Waals surface area contributed by atoms with E-state index in [-0.39, 0.29) is 18.2 Å². The molecule has 1 fully saturated rings. The number of amidine groups is 1. The molecule has 9 heteroatoms. The molecule has 5 rings (SSSR count). The van der Waals surface area contributed by atoms with Crippen LogP contribution in [-0.2, 0) is 14.3 Å². The average Bonchev–Trinajstić information content (AvgIpc) is 3.30. The predicted octanol–water partition coefficient (Wildman–Crippen LogP) is 4.16. The molecule has 2 amide bonds. The molecule has 0 radical (unpaired) electrons. The standard InChI is InChI=1S/C27H28N4O4S/c1-18-24(26(33)29-20-8-4-3-5-9-20)25(19-7-6-10-22(15-19)34-2)31-21(17-36-27(31)28-18)16-23(32)30-11-13-35-14-12-30/h3-10,15,17,25H,11-14,16H2,1-2H3,(H,29,33)/t25-/m1/s1. The number of methoxy groups -OCH3 is 1. The summed E-state index contributed by atoms with van der Waals surface area (Å²) in [6.45, 7) is 4.13. The lowest BCUT2D eigenvalue weighted by Crippen LogP contribution is -2.42. The maximum absolute atomic E-state index is 13.7. The third kappa shape index (κ3) is 4.89. The fourth-order valence-corrected chi connectivity index (χ4v) is 5.55. The Balaban J connectivity index is 1.51. The minimum Gasteiger partial charge on any atom is -0.497 e. The van der Waals surface area contributed by atoms with E-state index in [0.717, 1.165) is 16.4 Å². The molecule has 0 saturated carbocycles. The van der Waals surface area contributed by atoms with Crippen LogP contribution in [0.1, 0.15) is 24.9 Å². The number of anilines is 1. The first kappa shape index (κ1) is 24.1. The summed E-state index contributed by atoms with van der Waals surface area (Å²) in [6, 6.07) is 16.6. The van der Waals surface area contributed by atoms with Gasteiger partial charge in [-0.1, -0.05) is 42.1 Å². The Hall–Kier alpha value is -3.56. The second-order valence-electron chi connectivity index (χ2n) is 8.66. The lowest BCUT2D eigenvalue weighted by molar-refractivity contribution is -0.134. The molecule has 3 heterocycles. The van der Waals surface area contributed by atoms with Crippen molar-refractivity contribution in [2.45, 2.75) is 19.4 Å². The van der Waals surface area contributed by atoms with E-state index in [1.807, 2.05) is 76.7 Å². The number of nitrogens with one attached hydrogen (secondary N) is 1. The van der Waals surface area contributed by atoms with Crippen molar-refractivity contribution < 1.29 is 19.1 Å². The molecule has 186 valence electrons. The van der Waals surface area contributed by atoms with Gasteiger partial charge in [-0.05, 0) is 42.2 Å². The number of ether oxygens (including phenoxy) is 2. The van der Waals surface area contributed by atoms with Crippen LogP contribution in [0.4, 0.5) is 5.69 Å². The molecule has 3 aliphatic heterocycles. The van der Waals surface area contributed by atoms with Crippen LogP contribution in [0.5, 0.6) is 5.75 Å². The van der Waals surface area contributed by atoms with Crippen LogP contribution in [0.25, 0.3) is 0 Å². The molecule has 3 aliphatic rings. The Morgan fingerprint density at radius 2 is 1.92 bits per heavy atom. The molecule has 0 aliphatic carbocycles. The lowest BCUT2D eigenvalue weighted by Gasteiger charge is -2.37. The number of benzene rings is 2. The van der Waals surface area contributed by atoms with Crippen LogP contribution in [0, 0.1) is 0 Å². The first-order valence-electron chi connectivity index (χ1n) is 11.9. The molecule has 0 aromatic heterocycles. The Morgan fingerprint density at radius 1 is 1.14 bits per heavy atom. The fraction of sp³-hybridized carbons (Fsp3) is 0.296. The maximum atomic E-state index is 13.7. The average molecular weight is 505 g/mol. The molecule has 1 N–H and O–H groups in total. The van der Waals surface area contributed by atoms with Gasteiger partial charge in [-0.25, -0.2) is 4.99 Å². The second-order valence-corrected chi connectivity index (χ2v) is 9.50. The number of nitrogens with zero attached hydrogens (tertiary/aromatic N) is 3. The van der Waals surface area contributed by atoms with E-state index in [1.54, 1.807) is 7.11 Å². The summed E-state index contributed by atoms with van der Waals surface area (Å²) in [5.41, 5.74) is 3.58. The molecule has 1 atom stereocenters. The van der Waals surface area contributed by atoms with Crippen molar-refractivity contribution >= 4 is 34.4 Å². The monoisotopic (exact) mass is 504 g/mol. The number of aliphatic imine (C=N–C) groups is 1. The van der Waals surface area contributed by atoms with Crippen molar-refractivity contribution in [1.29, 1.82) is 0 Å². The van der Waals surface area contributed by atoms with Gasteiger partial charge in [0.05, 0.1) is 44.1 Å². The summed E-state index contributed by atoms with van der Waals surface area (Å²) in [5, 5.41) is 5.74. The number of thioether (sulfide) groups is 1. The van der Waals surface area contributed by atoms with Crippen molar-refractivity contribution in [1.82, 2.24) is 9.80 Å². The summed E-state index contributed by atoms with van der Waals surface area (Å²) < 4.78 is 10.9. The summed E-state index contributed by atoms with van der Waals surface area (Å²) in [5.74, 6) is 0.501. The van der Waals surface area contributed by atoms with E-state index in [2.05, 4.69) is 5.32 Å².